The summed E-state index contributed by atoms with van der Waals surface area (Å²) in [4.78, 5) is 49.7. The highest BCUT2D eigenvalue weighted by atomic mass is 19.1. The van der Waals surface area contributed by atoms with E-state index in [1.54, 1.807) is 6.07 Å². The fourth-order valence-corrected chi connectivity index (χ4v) is 3.61. The van der Waals surface area contributed by atoms with Crippen molar-refractivity contribution >= 4 is 29.5 Å². The van der Waals surface area contributed by atoms with Crippen LogP contribution >= 0.6 is 0 Å². The van der Waals surface area contributed by atoms with Gasteiger partial charge in [-0.15, -0.1) is 0 Å². The van der Waals surface area contributed by atoms with Crippen LogP contribution in [-0.2, 0) is 38.8 Å². The van der Waals surface area contributed by atoms with Crippen LogP contribution in [0.25, 0.3) is 0 Å². The molecule has 1 amide bonds. The lowest BCUT2D eigenvalue weighted by atomic mass is 9.74. The van der Waals surface area contributed by atoms with Gasteiger partial charge in [0.2, 0.25) is 5.91 Å². The molecule has 9 heteroatoms. The number of anilines is 1. The summed E-state index contributed by atoms with van der Waals surface area (Å²) in [5, 5.41) is 0. The van der Waals surface area contributed by atoms with Crippen LogP contribution in [0.2, 0.25) is 0 Å². The summed E-state index contributed by atoms with van der Waals surface area (Å²) >= 11 is 0. The van der Waals surface area contributed by atoms with Gasteiger partial charge in [0.1, 0.15) is 5.82 Å². The molecule has 1 aromatic carbocycles. The molecule has 158 valence electrons. The molecule has 8 nitrogen and oxygen atoms in total. The van der Waals surface area contributed by atoms with Crippen molar-refractivity contribution in [3.63, 3.8) is 0 Å². The number of methoxy groups -OCH3 is 3. The lowest BCUT2D eigenvalue weighted by Gasteiger charge is -2.28. The van der Waals surface area contributed by atoms with Crippen molar-refractivity contribution in [2.24, 2.45) is 0 Å². The fraction of sp³-hybridized carbons (Fsp3) is 0.500. The number of nitrogens with zero attached hydrogens (tertiary/aromatic N) is 1. The first-order valence-electron chi connectivity index (χ1n) is 9.12. The number of rotatable bonds is 9. The summed E-state index contributed by atoms with van der Waals surface area (Å²) in [7, 11) is 3.69. The topological polar surface area (TPSA) is 99.2 Å². The second-order valence-electron chi connectivity index (χ2n) is 6.65. The molecule has 1 aliphatic rings. The second-order valence-corrected chi connectivity index (χ2v) is 6.65. The quantitative estimate of drug-likeness (QED) is 0.454. The van der Waals surface area contributed by atoms with Gasteiger partial charge >= 0.3 is 17.9 Å². The third-order valence-corrected chi connectivity index (χ3v) is 5.16. The number of benzene rings is 1. The Morgan fingerprint density at radius 1 is 0.931 bits per heavy atom. The molecule has 29 heavy (non-hydrogen) atoms. The first-order chi connectivity index (χ1) is 13.8. The largest absolute Gasteiger partial charge is 0.469 e. The van der Waals surface area contributed by atoms with Gasteiger partial charge in [-0.05, 0) is 24.5 Å². The third-order valence-electron chi connectivity index (χ3n) is 5.16. The number of carbonyl (C=O) groups excluding carboxylic acids is 4. The van der Waals surface area contributed by atoms with E-state index in [-0.39, 0.29) is 44.3 Å². The van der Waals surface area contributed by atoms with Gasteiger partial charge in [-0.25, -0.2) is 4.39 Å². The zero-order valence-corrected chi connectivity index (χ0v) is 16.7. The van der Waals surface area contributed by atoms with Crippen LogP contribution in [0.4, 0.5) is 10.1 Å². The maximum Gasteiger partial charge on any atom is 0.307 e. The average Bonchev–Trinajstić information content (AvgIpc) is 2.97. The number of carbonyl (C=O) groups is 4. The predicted octanol–water partition coefficient (Wildman–Crippen LogP) is 1.88. The van der Waals surface area contributed by atoms with Gasteiger partial charge in [0.15, 0.2) is 0 Å². The molecule has 0 spiro atoms. The Bertz CT molecular complexity index is 788. The van der Waals surface area contributed by atoms with E-state index in [0.29, 0.717) is 5.56 Å². The highest BCUT2D eigenvalue weighted by Gasteiger charge is 2.51. The van der Waals surface area contributed by atoms with Gasteiger partial charge < -0.3 is 19.1 Å². The zero-order valence-electron chi connectivity index (χ0n) is 16.7. The third kappa shape index (κ3) is 4.55. The number of halogens is 1. The summed E-state index contributed by atoms with van der Waals surface area (Å²) in [6.07, 6.45) is -0.254. The maximum absolute atomic E-state index is 14.7. The number of ether oxygens (including phenoxy) is 3. The minimum Gasteiger partial charge on any atom is -0.469 e. The van der Waals surface area contributed by atoms with Crippen LogP contribution in [0.15, 0.2) is 18.2 Å². The molecule has 1 aliphatic heterocycles. The van der Waals surface area contributed by atoms with Crippen LogP contribution in [0, 0.1) is 5.82 Å². The van der Waals surface area contributed by atoms with Crippen LogP contribution in [0.3, 0.4) is 0 Å². The number of esters is 3. The Kier molecular flexibility index (Phi) is 7.30. The molecule has 0 saturated carbocycles. The van der Waals surface area contributed by atoms with Crippen molar-refractivity contribution in [2.75, 3.05) is 32.8 Å². The minimum atomic E-state index is -1.31. The van der Waals surface area contributed by atoms with E-state index in [0.717, 1.165) is 0 Å². The number of hydrogen-bond donors (Lipinski definition) is 0. The van der Waals surface area contributed by atoms with E-state index in [2.05, 4.69) is 14.2 Å². The first-order valence-corrected chi connectivity index (χ1v) is 9.12. The molecule has 0 aliphatic carbocycles. The Labute approximate surface area is 167 Å². The highest BCUT2D eigenvalue weighted by Crippen LogP contribution is 2.48. The number of para-hydroxylation sites is 1. The van der Waals surface area contributed by atoms with Gasteiger partial charge in [0.25, 0.3) is 0 Å². The van der Waals surface area contributed by atoms with E-state index in [1.165, 1.54) is 38.4 Å². The predicted molar refractivity (Wildman–Crippen MR) is 99.6 cm³/mol. The normalized spacial score (nSPS) is 14.3. The monoisotopic (exact) mass is 409 g/mol. The molecular formula is C20H24FNO7. The molecule has 0 fully saturated rings. The summed E-state index contributed by atoms with van der Waals surface area (Å²) in [5.74, 6) is -2.70. The van der Waals surface area contributed by atoms with Crippen molar-refractivity contribution in [3.8, 4) is 0 Å². The Morgan fingerprint density at radius 3 is 1.97 bits per heavy atom. The van der Waals surface area contributed by atoms with E-state index in [9.17, 15) is 23.6 Å². The number of hydrogen-bond acceptors (Lipinski definition) is 7. The summed E-state index contributed by atoms with van der Waals surface area (Å²) in [6, 6.07) is 4.28. The first kappa shape index (κ1) is 22.3. The highest BCUT2D eigenvalue weighted by molar-refractivity contribution is 6.08. The summed E-state index contributed by atoms with van der Waals surface area (Å²) in [5.41, 5.74) is -0.882. The van der Waals surface area contributed by atoms with Gasteiger partial charge in [-0.2, -0.15) is 0 Å². The second kappa shape index (κ2) is 9.49. The average molecular weight is 409 g/mol. The van der Waals surface area contributed by atoms with Gasteiger partial charge in [-0.3, -0.25) is 19.2 Å². The van der Waals surface area contributed by atoms with Crippen molar-refractivity contribution in [2.45, 2.75) is 37.5 Å². The molecule has 0 N–H and O–H groups in total. The molecule has 1 heterocycles. The Balaban J connectivity index is 2.48. The van der Waals surface area contributed by atoms with Gasteiger partial charge in [0.05, 0.1) is 38.9 Å². The molecule has 0 aromatic heterocycles. The van der Waals surface area contributed by atoms with Crippen LogP contribution < -0.4 is 4.90 Å². The molecular weight excluding hydrogens is 385 g/mol. The van der Waals surface area contributed by atoms with Crippen LogP contribution in [0.5, 0.6) is 0 Å². The van der Waals surface area contributed by atoms with E-state index in [4.69, 9.17) is 0 Å². The summed E-state index contributed by atoms with van der Waals surface area (Å²) in [6.45, 7) is -0.0857. The molecule has 0 unspecified atom stereocenters. The van der Waals surface area contributed by atoms with Crippen molar-refractivity contribution in [1.29, 1.82) is 0 Å². The molecule has 1 aromatic rings. The zero-order chi connectivity index (χ0) is 21.6. The van der Waals surface area contributed by atoms with Crippen molar-refractivity contribution in [1.82, 2.24) is 0 Å². The standard InChI is InChI=1S/C20H24FNO7/c1-27-15(23)7-10-20(11-8-16(24)28-2)13-5-4-6-14(21)18(13)22(19(20)26)12-9-17(25)29-3/h4-6H,7-12H2,1-3H3. The number of amides is 1. The van der Waals surface area contributed by atoms with E-state index < -0.39 is 35.0 Å². The molecule has 0 bridgehead atoms. The van der Waals surface area contributed by atoms with E-state index >= 15 is 0 Å². The van der Waals surface area contributed by atoms with Gasteiger partial charge in [-0.1, -0.05) is 12.1 Å². The molecule has 0 radical (unpaired) electrons. The van der Waals surface area contributed by atoms with Crippen molar-refractivity contribution in [3.05, 3.63) is 29.6 Å². The Hall–Kier alpha value is -2.97. The Morgan fingerprint density at radius 2 is 1.45 bits per heavy atom. The molecule has 0 saturated heterocycles. The smallest absolute Gasteiger partial charge is 0.307 e. The maximum atomic E-state index is 14.7. The van der Waals surface area contributed by atoms with Crippen LogP contribution in [-0.4, -0.2) is 51.7 Å². The fourth-order valence-electron chi connectivity index (χ4n) is 3.61. The van der Waals surface area contributed by atoms with Crippen LogP contribution in [0.1, 0.15) is 37.7 Å². The minimum absolute atomic E-state index is 0.0285. The van der Waals surface area contributed by atoms with E-state index in [1.807, 2.05) is 0 Å². The number of fused-ring (bicyclic) bond motifs is 1. The van der Waals surface area contributed by atoms with Gasteiger partial charge in [0, 0.05) is 19.4 Å². The summed E-state index contributed by atoms with van der Waals surface area (Å²) < 4.78 is 28.7. The molecule has 2 rings (SSSR count). The SMILES string of the molecule is COC(=O)CCN1C(=O)C(CCC(=O)OC)(CCC(=O)OC)c2cccc(F)c21. The lowest BCUT2D eigenvalue weighted by molar-refractivity contribution is -0.142. The van der Waals surface area contributed by atoms with Crippen molar-refractivity contribution < 1.29 is 37.8 Å². The lowest BCUT2D eigenvalue weighted by Crippen LogP contribution is -2.42. The molecule has 0 atom stereocenters.